The first kappa shape index (κ1) is 12.4. The molecule has 1 aromatic rings. The number of hydrogen-bond acceptors (Lipinski definition) is 1. The zero-order valence-corrected chi connectivity index (χ0v) is 10.6. The molecule has 0 bridgehead atoms. The van der Waals surface area contributed by atoms with Gasteiger partial charge in [-0.05, 0) is 27.4 Å². The molecule has 0 saturated heterocycles. The second-order valence-corrected chi connectivity index (χ2v) is 5.51. The highest BCUT2D eigenvalue weighted by atomic mass is 79.9. The van der Waals surface area contributed by atoms with E-state index in [1.165, 1.54) is 6.07 Å². The number of halogens is 3. The molecule has 0 aromatic heterocycles. The molecule has 0 aliphatic heterocycles. The Kier molecular flexibility index (Phi) is 3.71. The molecule has 0 radical (unpaired) electrons. The van der Waals surface area contributed by atoms with Gasteiger partial charge in [-0.25, -0.2) is 8.78 Å². The van der Waals surface area contributed by atoms with Gasteiger partial charge in [0.15, 0.2) is 0 Å². The van der Waals surface area contributed by atoms with Gasteiger partial charge in [-0.3, -0.25) is 0 Å². The van der Waals surface area contributed by atoms with E-state index in [-0.39, 0.29) is 9.89 Å². The summed E-state index contributed by atoms with van der Waals surface area (Å²) >= 11 is 3.02. The van der Waals surface area contributed by atoms with Crippen LogP contribution in [0.4, 0.5) is 14.5 Å². The quantitative estimate of drug-likeness (QED) is 0.800. The first-order valence-electron chi connectivity index (χ1n) is 4.68. The van der Waals surface area contributed by atoms with Gasteiger partial charge in [-0.2, -0.15) is 0 Å². The van der Waals surface area contributed by atoms with Crippen molar-refractivity contribution in [2.45, 2.75) is 20.8 Å². The van der Waals surface area contributed by atoms with E-state index in [0.29, 0.717) is 12.2 Å². The van der Waals surface area contributed by atoms with Gasteiger partial charge in [0.25, 0.3) is 0 Å². The molecule has 1 rings (SSSR count). The van der Waals surface area contributed by atoms with E-state index in [4.69, 9.17) is 0 Å². The minimum absolute atomic E-state index is 0.0489. The second kappa shape index (κ2) is 4.47. The lowest BCUT2D eigenvalue weighted by atomic mass is 9.97. The van der Waals surface area contributed by atoms with Gasteiger partial charge in [-0.15, -0.1) is 0 Å². The normalized spacial score (nSPS) is 11.6. The Morgan fingerprint density at radius 1 is 1.20 bits per heavy atom. The first-order chi connectivity index (χ1) is 6.79. The summed E-state index contributed by atoms with van der Waals surface area (Å²) in [7, 11) is 0. The minimum atomic E-state index is -0.589. The molecule has 0 spiro atoms. The fourth-order valence-corrected chi connectivity index (χ4v) is 1.36. The van der Waals surface area contributed by atoms with Gasteiger partial charge < -0.3 is 5.32 Å². The van der Waals surface area contributed by atoms with Crippen molar-refractivity contribution in [3.05, 3.63) is 28.2 Å². The van der Waals surface area contributed by atoms with Gasteiger partial charge in [0.2, 0.25) is 0 Å². The summed E-state index contributed by atoms with van der Waals surface area (Å²) in [5, 5.41) is 2.95. The van der Waals surface area contributed by atoms with Crippen LogP contribution in [0.25, 0.3) is 0 Å². The van der Waals surface area contributed by atoms with Crippen LogP contribution in [0.3, 0.4) is 0 Å². The molecule has 84 valence electrons. The number of hydrogen-bond donors (Lipinski definition) is 1. The second-order valence-electron chi connectivity index (χ2n) is 4.66. The average molecular weight is 278 g/mol. The van der Waals surface area contributed by atoms with Gasteiger partial charge in [0, 0.05) is 12.6 Å². The molecule has 4 heteroatoms. The van der Waals surface area contributed by atoms with Crippen LogP contribution in [-0.2, 0) is 0 Å². The Balaban J connectivity index is 2.82. The van der Waals surface area contributed by atoms with Gasteiger partial charge in [0.1, 0.15) is 11.6 Å². The van der Waals surface area contributed by atoms with Crippen LogP contribution in [0.15, 0.2) is 16.6 Å². The summed E-state index contributed by atoms with van der Waals surface area (Å²) in [6.07, 6.45) is 0. The Morgan fingerprint density at radius 2 is 1.80 bits per heavy atom. The zero-order chi connectivity index (χ0) is 11.6. The number of nitrogens with one attached hydrogen (secondary N) is 1. The molecule has 15 heavy (non-hydrogen) atoms. The molecule has 0 amide bonds. The summed E-state index contributed by atoms with van der Waals surface area (Å²) in [5.41, 5.74) is 0.367. The van der Waals surface area contributed by atoms with Crippen LogP contribution >= 0.6 is 15.9 Å². The van der Waals surface area contributed by atoms with Crippen molar-refractivity contribution < 1.29 is 8.78 Å². The smallest absolute Gasteiger partial charge is 0.149 e. The third-order valence-corrected chi connectivity index (χ3v) is 2.43. The maximum atomic E-state index is 13.3. The third kappa shape index (κ3) is 3.78. The fraction of sp³-hybridized carbons (Fsp3) is 0.455. The number of anilines is 1. The van der Waals surface area contributed by atoms with Crippen molar-refractivity contribution in [3.8, 4) is 0 Å². The Morgan fingerprint density at radius 3 is 2.33 bits per heavy atom. The molecule has 0 atom stereocenters. The highest BCUT2D eigenvalue weighted by molar-refractivity contribution is 9.10. The standard InChI is InChI=1S/C11H14BrF2N/c1-11(2,3)6-15-10-4-7(12)8(13)5-9(10)14/h4-5,15H,6H2,1-3H3. The molecule has 1 aromatic carbocycles. The van der Waals surface area contributed by atoms with E-state index in [1.54, 1.807) is 0 Å². The molecule has 0 heterocycles. The van der Waals surface area contributed by atoms with Crippen molar-refractivity contribution in [3.63, 3.8) is 0 Å². The van der Waals surface area contributed by atoms with Crippen LogP contribution in [0.5, 0.6) is 0 Å². The lowest BCUT2D eigenvalue weighted by Gasteiger charge is -2.20. The molecule has 1 nitrogen and oxygen atoms in total. The summed E-state index contributed by atoms with van der Waals surface area (Å²) in [4.78, 5) is 0. The average Bonchev–Trinajstić information content (AvgIpc) is 2.07. The Labute approximate surface area is 97.0 Å². The van der Waals surface area contributed by atoms with E-state index in [2.05, 4.69) is 21.2 Å². The highest BCUT2D eigenvalue weighted by Crippen LogP contribution is 2.24. The number of rotatable bonds is 2. The topological polar surface area (TPSA) is 12.0 Å². The summed E-state index contributed by atoms with van der Waals surface area (Å²) in [6.45, 7) is 6.74. The largest absolute Gasteiger partial charge is 0.382 e. The van der Waals surface area contributed by atoms with Crippen molar-refractivity contribution in [2.24, 2.45) is 5.41 Å². The maximum absolute atomic E-state index is 13.3. The predicted octanol–water partition coefficient (Wildman–Crippen LogP) is 4.19. The number of benzene rings is 1. The van der Waals surface area contributed by atoms with Gasteiger partial charge >= 0.3 is 0 Å². The monoisotopic (exact) mass is 277 g/mol. The summed E-state index contributed by atoms with van der Waals surface area (Å²) in [6, 6.07) is 2.28. The van der Waals surface area contributed by atoms with Crippen molar-refractivity contribution >= 4 is 21.6 Å². The zero-order valence-electron chi connectivity index (χ0n) is 9.00. The predicted molar refractivity (Wildman–Crippen MR) is 62.0 cm³/mol. The fourth-order valence-electron chi connectivity index (χ4n) is 1.02. The van der Waals surface area contributed by atoms with Gasteiger partial charge in [0.05, 0.1) is 10.2 Å². The molecule has 0 aliphatic carbocycles. The van der Waals surface area contributed by atoms with Crippen LogP contribution < -0.4 is 5.32 Å². The Hall–Kier alpha value is -0.640. The summed E-state index contributed by atoms with van der Waals surface area (Å²) in [5.74, 6) is -1.16. The first-order valence-corrected chi connectivity index (χ1v) is 5.47. The van der Waals surface area contributed by atoms with E-state index in [9.17, 15) is 8.78 Å². The Bertz CT molecular complexity index is 358. The van der Waals surface area contributed by atoms with E-state index in [0.717, 1.165) is 6.07 Å². The molecule has 0 aliphatic rings. The molecule has 1 N–H and O–H groups in total. The maximum Gasteiger partial charge on any atom is 0.149 e. The van der Waals surface area contributed by atoms with Crippen molar-refractivity contribution in [2.75, 3.05) is 11.9 Å². The van der Waals surface area contributed by atoms with Crippen molar-refractivity contribution in [1.29, 1.82) is 0 Å². The van der Waals surface area contributed by atoms with E-state index in [1.807, 2.05) is 20.8 Å². The molecular formula is C11H14BrF2N. The van der Waals surface area contributed by atoms with Crippen LogP contribution in [-0.4, -0.2) is 6.54 Å². The molecule has 0 saturated carbocycles. The SMILES string of the molecule is CC(C)(C)CNc1cc(Br)c(F)cc1F. The minimum Gasteiger partial charge on any atom is -0.382 e. The highest BCUT2D eigenvalue weighted by Gasteiger charge is 2.12. The van der Waals surface area contributed by atoms with Crippen LogP contribution in [0, 0.1) is 17.0 Å². The molecule has 0 fully saturated rings. The molecular weight excluding hydrogens is 264 g/mol. The lowest BCUT2D eigenvalue weighted by molar-refractivity contribution is 0.441. The van der Waals surface area contributed by atoms with Gasteiger partial charge in [-0.1, -0.05) is 20.8 Å². The third-order valence-electron chi connectivity index (χ3n) is 1.82. The lowest BCUT2D eigenvalue weighted by Crippen LogP contribution is -2.19. The van der Waals surface area contributed by atoms with E-state index < -0.39 is 11.6 Å². The van der Waals surface area contributed by atoms with E-state index >= 15 is 0 Å². The summed E-state index contributed by atoms with van der Waals surface area (Å²) < 4.78 is 26.5. The van der Waals surface area contributed by atoms with Crippen LogP contribution in [0.1, 0.15) is 20.8 Å². The molecule has 0 unspecified atom stereocenters. The van der Waals surface area contributed by atoms with Crippen molar-refractivity contribution in [1.82, 2.24) is 0 Å². The van der Waals surface area contributed by atoms with Crippen LogP contribution in [0.2, 0.25) is 0 Å².